The first-order valence-electron chi connectivity index (χ1n) is 7.33. The Labute approximate surface area is 136 Å². The Morgan fingerprint density at radius 2 is 2.05 bits per heavy atom. The maximum atomic E-state index is 11.8. The molecule has 1 aromatic heterocycles. The van der Waals surface area contributed by atoms with Crippen molar-refractivity contribution in [2.45, 2.75) is 65.3 Å². The van der Waals surface area contributed by atoms with Gasteiger partial charge in [-0.15, -0.1) is 11.3 Å². The highest BCUT2D eigenvalue weighted by atomic mass is 32.1. The smallest absolute Gasteiger partial charge is 0.408 e. The van der Waals surface area contributed by atoms with Crippen molar-refractivity contribution in [1.29, 1.82) is 0 Å². The van der Waals surface area contributed by atoms with Crippen LogP contribution in [0.5, 0.6) is 0 Å². The zero-order valence-corrected chi connectivity index (χ0v) is 15.0. The predicted molar refractivity (Wildman–Crippen MR) is 87.9 cm³/mol. The topological polar surface area (TPSA) is 83.5 Å². The summed E-state index contributed by atoms with van der Waals surface area (Å²) in [5.74, 6) is 0. The van der Waals surface area contributed by atoms with Gasteiger partial charge >= 0.3 is 6.09 Å². The second-order valence-electron chi connectivity index (χ2n) is 6.96. The number of alkyl carbamates (subject to hydrolysis) is 1. The van der Waals surface area contributed by atoms with E-state index in [1.807, 2.05) is 34.6 Å². The Kier molecular flexibility index (Phi) is 6.34. The summed E-state index contributed by atoms with van der Waals surface area (Å²) in [7, 11) is 0. The standard InChI is InChI=1S/C15H27N3O3S/c1-10(19)12-17-8-11(22-12)7-16-9-15(5,6)18-13(20)21-14(2,3)4/h8,10,16,19H,7,9H2,1-6H3,(H,18,20)/t10-/m1/s1. The van der Waals surface area contributed by atoms with E-state index in [9.17, 15) is 9.90 Å². The quantitative estimate of drug-likeness (QED) is 0.747. The van der Waals surface area contributed by atoms with E-state index >= 15 is 0 Å². The first kappa shape index (κ1) is 18.9. The molecule has 0 unspecified atom stereocenters. The Bertz CT molecular complexity index is 492. The van der Waals surface area contributed by atoms with E-state index in [1.54, 1.807) is 13.1 Å². The third kappa shape index (κ3) is 7.20. The molecule has 1 heterocycles. The normalized spacial score (nSPS) is 13.8. The van der Waals surface area contributed by atoms with Gasteiger partial charge in [0.1, 0.15) is 16.7 Å². The molecule has 0 fully saturated rings. The predicted octanol–water partition coefficient (Wildman–Crippen LogP) is 2.59. The number of aromatic nitrogens is 1. The van der Waals surface area contributed by atoms with Crippen molar-refractivity contribution in [3.8, 4) is 0 Å². The number of hydrogen-bond acceptors (Lipinski definition) is 6. The van der Waals surface area contributed by atoms with Gasteiger partial charge in [-0.1, -0.05) is 0 Å². The van der Waals surface area contributed by atoms with Gasteiger partial charge in [0.2, 0.25) is 0 Å². The number of carbonyl (C=O) groups excluding carboxylic acids is 1. The van der Waals surface area contributed by atoms with Crippen molar-refractivity contribution in [3.05, 3.63) is 16.1 Å². The fraction of sp³-hybridized carbons (Fsp3) is 0.733. The summed E-state index contributed by atoms with van der Waals surface area (Å²) in [5.41, 5.74) is -0.937. The van der Waals surface area contributed by atoms with Gasteiger partial charge in [-0.2, -0.15) is 0 Å². The SMILES string of the molecule is C[C@@H](O)c1ncc(CNCC(C)(C)NC(=O)OC(C)(C)C)s1. The number of nitrogens with zero attached hydrogens (tertiary/aromatic N) is 1. The Balaban J connectivity index is 2.40. The third-order valence-corrected chi connectivity index (χ3v) is 3.80. The van der Waals surface area contributed by atoms with E-state index in [0.717, 1.165) is 4.88 Å². The summed E-state index contributed by atoms with van der Waals surface area (Å²) >= 11 is 1.48. The van der Waals surface area contributed by atoms with Gasteiger partial charge in [0.15, 0.2) is 0 Å². The van der Waals surface area contributed by atoms with E-state index in [1.165, 1.54) is 11.3 Å². The number of ether oxygens (including phenoxy) is 1. The molecule has 0 aromatic carbocycles. The number of thiazole rings is 1. The molecular formula is C15H27N3O3S. The second-order valence-corrected chi connectivity index (χ2v) is 8.10. The largest absolute Gasteiger partial charge is 0.444 e. The molecule has 0 aliphatic heterocycles. The lowest BCUT2D eigenvalue weighted by molar-refractivity contribution is 0.0472. The molecule has 0 radical (unpaired) electrons. The minimum Gasteiger partial charge on any atom is -0.444 e. The maximum absolute atomic E-state index is 11.8. The van der Waals surface area contributed by atoms with E-state index in [2.05, 4.69) is 15.6 Å². The summed E-state index contributed by atoms with van der Waals surface area (Å²) < 4.78 is 5.25. The number of nitrogens with one attached hydrogen (secondary N) is 2. The zero-order chi connectivity index (χ0) is 17.0. The molecule has 0 aliphatic carbocycles. The highest BCUT2D eigenvalue weighted by Gasteiger charge is 2.24. The van der Waals surface area contributed by atoms with E-state index in [-0.39, 0.29) is 0 Å². The number of carbonyl (C=O) groups is 1. The van der Waals surface area contributed by atoms with Gasteiger partial charge in [-0.05, 0) is 41.5 Å². The molecule has 7 heteroatoms. The van der Waals surface area contributed by atoms with Crippen molar-refractivity contribution in [2.24, 2.45) is 0 Å². The van der Waals surface area contributed by atoms with Gasteiger partial charge in [-0.25, -0.2) is 9.78 Å². The average Bonchev–Trinajstić information content (AvgIpc) is 2.73. The molecule has 0 saturated carbocycles. The van der Waals surface area contributed by atoms with Crippen molar-refractivity contribution in [2.75, 3.05) is 6.54 Å². The lowest BCUT2D eigenvalue weighted by Gasteiger charge is -2.28. The number of aliphatic hydroxyl groups is 1. The first-order valence-corrected chi connectivity index (χ1v) is 8.15. The van der Waals surface area contributed by atoms with Gasteiger partial charge in [0.05, 0.1) is 5.54 Å². The lowest BCUT2D eigenvalue weighted by Crippen LogP contribution is -2.51. The molecule has 22 heavy (non-hydrogen) atoms. The van der Waals surface area contributed by atoms with Crippen LogP contribution in [0.1, 0.15) is 57.5 Å². The van der Waals surface area contributed by atoms with Gasteiger partial charge in [0, 0.05) is 24.2 Å². The fourth-order valence-electron chi connectivity index (χ4n) is 1.72. The van der Waals surface area contributed by atoms with Crippen LogP contribution in [0, 0.1) is 0 Å². The maximum Gasteiger partial charge on any atom is 0.408 e. The number of hydrogen-bond donors (Lipinski definition) is 3. The molecule has 3 N–H and O–H groups in total. The van der Waals surface area contributed by atoms with Crippen LogP contribution in [0.2, 0.25) is 0 Å². The third-order valence-electron chi connectivity index (χ3n) is 2.63. The summed E-state index contributed by atoms with van der Waals surface area (Å²) in [5, 5.41) is 16.3. The minimum atomic E-state index is -0.538. The Morgan fingerprint density at radius 1 is 1.41 bits per heavy atom. The van der Waals surface area contributed by atoms with Crippen molar-refractivity contribution in [3.63, 3.8) is 0 Å². The summed E-state index contributed by atoms with van der Waals surface area (Å²) in [6.07, 6.45) is 0.797. The summed E-state index contributed by atoms with van der Waals surface area (Å²) in [4.78, 5) is 17.0. The van der Waals surface area contributed by atoms with Crippen molar-refractivity contribution >= 4 is 17.4 Å². The number of rotatable bonds is 6. The highest BCUT2D eigenvalue weighted by Crippen LogP contribution is 2.19. The molecular weight excluding hydrogens is 302 g/mol. The zero-order valence-electron chi connectivity index (χ0n) is 14.2. The van der Waals surface area contributed by atoms with Gasteiger partial charge < -0.3 is 20.5 Å². The molecule has 1 amide bonds. The molecule has 6 nitrogen and oxygen atoms in total. The van der Waals surface area contributed by atoms with Crippen molar-refractivity contribution in [1.82, 2.24) is 15.6 Å². The number of amides is 1. The lowest BCUT2D eigenvalue weighted by atomic mass is 10.1. The summed E-state index contributed by atoms with van der Waals surface area (Å²) in [6, 6.07) is 0. The van der Waals surface area contributed by atoms with Crippen LogP contribution >= 0.6 is 11.3 Å². The minimum absolute atomic E-state index is 0.423. The second kappa shape index (κ2) is 7.39. The first-order chi connectivity index (χ1) is 9.98. The molecule has 0 bridgehead atoms. The molecule has 126 valence electrons. The molecule has 1 rings (SSSR count). The van der Waals surface area contributed by atoms with Gasteiger partial charge in [0.25, 0.3) is 0 Å². The van der Waals surface area contributed by atoms with E-state index in [4.69, 9.17) is 4.74 Å². The van der Waals surface area contributed by atoms with Crippen LogP contribution in [0.15, 0.2) is 6.20 Å². The Morgan fingerprint density at radius 3 is 2.55 bits per heavy atom. The monoisotopic (exact) mass is 329 g/mol. The van der Waals surface area contributed by atoms with E-state index < -0.39 is 23.3 Å². The van der Waals surface area contributed by atoms with Crippen LogP contribution in [-0.4, -0.2) is 33.9 Å². The molecule has 1 aromatic rings. The Hall–Kier alpha value is -1.18. The molecule has 0 aliphatic rings. The van der Waals surface area contributed by atoms with Crippen LogP contribution in [-0.2, 0) is 11.3 Å². The van der Waals surface area contributed by atoms with Crippen LogP contribution in [0.4, 0.5) is 4.79 Å². The molecule has 1 atom stereocenters. The van der Waals surface area contributed by atoms with E-state index in [0.29, 0.717) is 18.1 Å². The highest BCUT2D eigenvalue weighted by molar-refractivity contribution is 7.11. The molecule has 0 saturated heterocycles. The van der Waals surface area contributed by atoms with Crippen LogP contribution in [0.25, 0.3) is 0 Å². The average molecular weight is 329 g/mol. The van der Waals surface area contributed by atoms with Gasteiger partial charge in [-0.3, -0.25) is 0 Å². The molecule has 0 spiro atoms. The fourth-order valence-corrected chi connectivity index (χ4v) is 2.54. The van der Waals surface area contributed by atoms with Crippen LogP contribution < -0.4 is 10.6 Å². The van der Waals surface area contributed by atoms with Crippen LogP contribution in [0.3, 0.4) is 0 Å². The number of aliphatic hydroxyl groups excluding tert-OH is 1. The van der Waals surface area contributed by atoms with Crippen molar-refractivity contribution < 1.29 is 14.6 Å². The summed E-state index contributed by atoms with van der Waals surface area (Å²) in [6.45, 7) is 12.3.